The molecule has 0 radical (unpaired) electrons. The minimum Gasteiger partial charge on any atom is -0.461 e. The molecule has 2 aliphatic rings. The van der Waals surface area contributed by atoms with Crippen molar-refractivity contribution < 1.29 is 18.8 Å². The smallest absolute Gasteiger partial charge is 0.343 e. The van der Waals surface area contributed by atoms with E-state index in [1.165, 1.54) is 18.6 Å². The highest BCUT2D eigenvalue weighted by atomic mass is 16.7. The van der Waals surface area contributed by atoms with Gasteiger partial charge < -0.3 is 13.9 Å². The van der Waals surface area contributed by atoms with Crippen molar-refractivity contribution in [3.8, 4) is 5.75 Å². The summed E-state index contributed by atoms with van der Waals surface area (Å²) in [5, 5.41) is 11.9. The summed E-state index contributed by atoms with van der Waals surface area (Å²) in [6.07, 6.45) is 3.73. The van der Waals surface area contributed by atoms with Crippen molar-refractivity contribution >= 4 is 16.7 Å². The fraction of sp³-hybridized carbons (Fsp3) is 0.483. The lowest BCUT2D eigenvalue weighted by Crippen LogP contribution is -2.48. The molecule has 0 amide bonds. The molecule has 1 aliphatic carbocycles. The van der Waals surface area contributed by atoms with Gasteiger partial charge in [0.15, 0.2) is 0 Å². The molecule has 0 unspecified atom stereocenters. The maximum atomic E-state index is 13.2. The zero-order valence-electron chi connectivity index (χ0n) is 21.2. The molecule has 0 N–H and O–H groups in total. The van der Waals surface area contributed by atoms with Gasteiger partial charge in [-0.1, -0.05) is 51.5 Å². The largest absolute Gasteiger partial charge is 0.461 e. The highest BCUT2D eigenvalue weighted by molar-refractivity contribution is 5.85. The Labute approximate surface area is 210 Å². The van der Waals surface area contributed by atoms with Crippen molar-refractivity contribution in [3.63, 3.8) is 0 Å². The van der Waals surface area contributed by atoms with Crippen LogP contribution in [0.15, 0.2) is 57.7 Å². The first kappa shape index (κ1) is 24.5. The van der Waals surface area contributed by atoms with E-state index in [9.17, 15) is 14.9 Å². The highest BCUT2D eigenvalue weighted by Gasteiger charge is 2.45. The molecular weight excluding hydrogens is 458 g/mol. The molecule has 1 fully saturated rings. The number of fused-ring (bicyclic) bond motifs is 3. The molecule has 1 saturated carbocycles. The van der Waals surface area contributed by atoms with Crippen LogP contribution < -0.4 is 10.4 Å². The molecule has 0 spiro atoms. The van der Waals surface area contributed by atoms with Crippen LogP contribution in [0.25, 0.3) is 11.0 Å². The molecule has 0 saturated heterocycles. The summed E-state index contributed by atoms with van der Waals surface area (Å²) in [6.45, 7) is 8.71. The first-order valence-corrected chi connectivity index (χ1v) is 12.8. The molecule has 1 aliphatic heterocycles. The number of nitrogens with zero attached hydrogens (tertiary/aromatic N) is 1. The summed E-state index contributed by atoms with van der Waals surface area (Å²) < 4.78 is 19.1. The standard InChI is InChI=1S/C29H33NO6/c1-17(2)21-14-9-18(3)15-25(21)35-29(4)16-23(19-10-12-20(13-11-19)30(32)33)26-27(36-29)22-7-5-6-8-24(22)34-28(26)31/h5-8,10-13,17-18,21,23,25H,9,14-16H2,1-4H3/t18-,21+,23+,25-,29-/m1/s1. The predicted octanol–water partition coefficient (Wildman–Crippen LogP) is 6.81. The SMILES string of the molecule is CC(C)[C@@H]1CC[C@@H](C)C[C@H]1O[C@@]1(C)C[C@@H](c2ccc([N+](=O)[O-])cc2)c2c(c3ccccc3oc2=O)O1. The third-order valence-electron chi connectivity index (χ3n) is 7.91. The lowest BCUT2D eigenvalue weighted by molar-refractivity contribution is -0.384. The minimum absolute atomic E-state index is 0.00607. The van der Waals surface area contributed by atoms with Gasteiger partial charge in [0.1, 0.15) is 11.3 Å². The van der Waals surface area contributed by atoms with Crippen molar-refractivity contribution in [3.05, 3.63) is 80.2 Å². The van der Waals surface area contributed by atoms with E-state index in [1.807, 2.05) is 25.1 Å². The molecule has 2 aromatic carbocycles. The van der Waals surface area contributed by atoms with Gasteiger partial charge in [-0.3, -0.25) is 10.1 Å². The number of para-hydroxylation sites is 1. The average molecular weight is 492 g/mol. The molecular formula is C29H33NO6. The van der Waals surface area contributed by atoms with Gasteiger partial charge in [0, 0.05) is 31.4 Å². The summed E-state index contributed by atoms with van der Waals surface area (Å²) >= 11 is 0. The molecule has 5 atom stereocenters. The third-order valence-corrected chi connectivity index (χ3v) is 7.91. The molecule has 36 heavy (non-hydrogen) atoms. The van der Waals surface area contributed by atoms with Crippen molar-refractivity contribution in [1.82, 2.24) is 0 Å². The summed E-state index contributed by atoms with van der Waals surface area (Å²) in [5.41, 5.74) is 1.23. The lowest BCUT2D eigenvalue weighted by atomic mass is 9.75. The van der Waals surface area contributed by atoms with Gasteiger partial charge in [-0.15, -0.1) is 0 Å². The van der Waals surface area contributed by atoms with Gasteiger partial charge in [-0.05, 0) is 48.3 Å². The summed E-state index contributed by atoms with van der Waals surface area (Å²) in [6, 6.07) is 13.7. The van der Waals surface area contributed by atoms with E-state index in [-0.39, 0.29) is 17.7 Å². The first-order valence-electron chi connectivity index (χ1n) is 12.8. The quantitative estimate of drug-likeness (QED) is 0.221. The van der Waals surface area contributed by atoms with Crippen LogP contribution in [0.3, 0.4) is 0 Å². The summed E-state index contributed by atoms with van der Waals surface area (Å²) in [7, 11) is 0. The monoisotopic (exact) mass is 491 g/mol. The lowest BCUT2D eigenvalue weighted by Gasteiger charge is -2.45. The number of hydrogen-bond acceptors (Lipinski definition) is 6. The molecule has 5 rings (SSSR count). The van der Waals surface area contributed by atoms with E-state index in [0.717, 1.165) is 18.4 Å². The van der Waals surface area contributed by atoms with Gasteiger partial charge in [-0.25, -0.2) is 4.79 Å². The number of non-ortho nitro benzene ring substituents is 1. The van der Waals surface area contributed by atoms with E-state index in [0.29, 0.717) is 46.5 Å². The van der Waals surface area contributed by atoms with Crippen molar-refractivity contribution in [2.75, 3.05) is 0 Å². The molecule has 2 heterocycles. The maximum absolute atomic E-state index is 13.2. The molecule has 190 valence electrons. The van der Waals surface area contributed by atoms with E-state index in [1.54, 1.807) is 18.2 Å². The van der Waals surface area contributed by atoms with E-state index in [4.69, 9.17) is 13.9 Å². The summed E-state index contributed by atoms with van der Waals surface area (Å²) in [5.74, 6) is 0.592. The Balaban J connectivity index is 1.61. The van der Waals surface area contributed by atoms with Crippen LogP contribution in [0.1, 0.15) is 70.4 Å². The Morgan fingerprint density at radius 1 is 1.11 bits per heavy atom. The summed E-state index contributed by atoms with van der Waals surface area (Å²) in [4.78, 5) is 24.0. The number of nitro benzene ring substituents is 1. The van der Waals surface area contributed by atoms with E-state index < -0.39 is 16.3 Å². The van der Waals surface area contributed by atoms with Crippen LogP contribution >= 0.6 is 0 Å². The zero-order valence-corrected chi connectivity index (χ0v) is 21.2. The normalized spacial score (nSPS) is 28.0. The topological polar surface area (TPSA) is 91.8 Å². The Morgan fingerprint density at radius 2 is 1.83 bits per heavy atom. The fourth-order valence-electron chi connectivity index (χ4n) is 6.03. The predicted molar refractivity (Wildman–Crippen MR) is 137 cm³/mol. The number of benzene rings is 2. The number of rotatable bonds is 5. The first-order chi connectivity index (χ1) is 17.1. The number of ether oxygens (including phenoxy) is 2. The van der Waals surface area contributed by atoms with Crippen molar-refractivity contribution in [2.45, 2.75) is 71.2 Å². The fourth-order valence-corrected chi connectivity index (χ4v) is 6.03. The third kappa shape index (κ3) is 4.52. The minimum atomic E-state index is -0.981. The van der Waals surface area contributed by atoms with Crippen LogP contribution in [-0.2, 0) is 4.74 Å². The van der Waals surface area contributed by atoms with Crippen LogP contribution in [0.5, 0.6) is 5.75 Å². The van der Waals surface area contributed by atoms with Gasteiger partial charge in [-0.2, -0.15) is 0 Å². The van der Waals surface area contributed by atoms with Gasteiger partial charge in [0.2, 0.25) is 5.79 Å². The number of nitro groups is 1. The molecule has 0 bridgehead atoms. The number of hydrogen-bond donors (Lipinski definition) is 0. The Kier molecular flexibility index (Phi) is 6.37. The van der Waals surface area contributed by atoms with Gasteiger partial charge in [0.25, 0.3) is 5.69 Å². The maximum Gasteiger partial charge on any atom is 0.343 e. The van der Waals surface area contributed by atoms with Crippen molar-refractivity contribution in [2.24, 2.45) is 17.8 Å². The molecule has 7 heteroatoms. The van der Waals surface area contributed by atoms with Crippen LogP contribution in [0.4, 0.5) is 5.69 Å². The van der Waals surface area contributed by atoms with Crippen LogP contribution in [0, 0.1) is 27.9 Å². The highest BCUT2D eigenvalue weighted by Crippen LogP contribution is 2.48. The van der Waals surface area contributed by atoms with Crippen molar-refractivity contribution in [1.29, 1.82) is 0 Å². The zero-order chi connectivity index (χ0) is 25.6. The van der Waals surface area contributed by atoms with E-state index >= 15 is 0 Å². The Bertz CT molecular complexity index is 1330. The molecule has 3 aromatic rings. The van der Waals surface area contributed by atoms with Gasteiger partial charge in [0.05, 0.1) is 22.0 Å². The Hall–Kier alpha value is -3.19. The van der Waals surface area contributed by atoms with Crippen LogP contribution in [-0.4, -0.2) is 16.8 Å². The van der Waals surface area contributed by atoms with E-state index in [2.05, 4.69) is 20.8 Å². The van der Waals surface area contributed by atoms with Crippen LogP contribution in [0.2, 0.25) is 0 Å². The molecule has 1 aromatic heterocycles. The second kappa shape index (κ2) is 9.36. The second-order valence-corrected chi connectivity index (χ2v) is 11.0. The second-order valence-electron chi connectivity index (χ2n) is 11.0. The average Bonchev–Trinajstić information content (AvgIpc) is 2.83. The Morgan fingerprint density at radius 3 is 2.53 bits per heavy atom. The molecule has 7 nitrogen and oxygen atoms in total. The van der Waals surface area contributed by atoms with Gasteiger partial charge >= 0.3 is 5.63 Å².